The molecule has 0 spiro atoms. The lowest BCUT2D eigenvalue weighted by Gasteiger charge is -2.35. The molecule has 1 N–H and O–H groups in total. The summed E-state index contributed by atoms with van der Waals surface area (Å²) in [5.41, 5.74) is 2.96. The van der Waals surface area contributed by atoms with Crippen LogP contribution in [0.3, 0.4) is 0 Å². The zero-order valence-corrected chi connectivity index (χ0v) is 22.2. The van der Waals surface area contributed by atoms with Crippen LogP contribution in [0, 0.1) is 5.82 Å². The molecule has 1 aliphatic heterocycles. The van der Waals surface area contributed by atoms with Crippen molar-refractivity contribution in [2.24, 2.45) is 0 Å². The minimum absolute atomic E-state index is 0.177. The zero-order valence-electron chi connectivity index (χ0n) is 22.2. The second kappa shape index (κ2) is 10.5. The fourth-order valence-corrected chi connectivity index (χ4v) is 4.95. The van der Waals surface area contributed by atoms with Gasteiger partial charge in [0.25, 0.3) is 5.56 Å². The number of nitrogens with zero attached hydrogens (tertiary/aromatic N) is 5. The van der Waals surface area contributed by atoms with Gasteiger partial charge in [0.1, 0.15) is 17.6 Å². The predicted octanol–water partition coefficient (Wildman–Crippen LogP) is 5.08. The molecule has 2 aromatic carbocycles. The summed E-state index contributed by atoms with van der Waals surface area (Å²) in [6.07, 6.45) is 3.71. The van der Waals surface area contributed by atoms with Crippen molar-refractivity contribution in [2.45, 2.75) is 52.1 Å². The third kappa shape index (κ3) is 4.98. The second-order valence-electron chi connectivity index (χ2n) is 10.2. The molecule has 0 bridgehead atoms. The maximum absolute atomic E-state index is 13.5. The number of hydrogen-bond acceptors (Lipinski definition) is 6. The highest BCUT2D eigenvalue weighted by molar-refractivity contribution is 5.80. The average molecular weight is 517 g/mol. The lowest BCUT2D eigenvalue weighted by molar-refractivity contribution is 0.211. The van der Waals surface area contributed by atoms with E-state index in [-0.39, 0.29) is 16.9 Å². The molecule has 0 unspecified atom stereocenters. The summed E-state index contributed by atoms with van der Waals surface area (Å²) in [4.78, 5) is 18.8. The topological polar surface area (TPSA) is 88.9 Å². The normalized spacial score (nSPS) is 15.4. The summed E-state index contributed by atoms with van der Waals surface area (Å²) < 4.78 is 21.0. The minimum atomic E-state index is -0.467. The van der Waals surface area contributed by atoms with E-state index in [1.807, 2.05) is 48.0 Å². The van der Waals surface area contributed by atoms with Gasteiger partial charge in [0.05, 0.1) is 12.1 Å². The first-order chi connectivity index (χ1) is 18.3. The first kappa shape index (κ1) is 25.8. The van der Waals surface area contributed by atoms with Crippen molar-refractivity contribution in [3.8, 4) is 5.75 Å². The lowest BCUT2D eigenvalue weighted by Crippen LogP contribution is -2.40. The van der Waals surface area contributed by atoms with E-state index >= 15 is 0 Å². The Morgan fingerprint density at radius 2 is 1.92 bits per heavy atom. The fraction of sp³-hybridized carbons (Fsp3) is 0.379. The summed E-state index contributed by atoms with van der Waals surface area (Å²) in [5.74, 6) is 1.12. The number of halogens is 1. The van der Waals surface area contributed by atoms with Gasteiger partial charge in [-0.25, -0.2) is 9.07 Å². The molecule has 3 heterocycles. The van der Waals surface area contributed by atoms with Gasteiger partial charge in [0, 0.05) is 29.6 Å². The van der Waals surface area contributed by atoms with E-state index in [1.54, 1.807) is 0 Å². The van der Waals surface area contributed by atoms with Crippen molar-refractivity contribution in [2.75, 3.05) is 19.7 Å². The molecule has 5 rings (SSSR count). The van der Waals surface area contributed by atoms with Crippen LogP contribution < -0.4 is 10.3 Å². The fourth-order valence-electron chi connectivity index (χ4n) is 4.95. The van der Waals surface area contributed by atoms with Crippen molar-refractivity contribution in [3.05, 3.63) is 87.7 Å². The van der Waals surface area contributed by atoms with Gasteiger partial charge in [-0.15, -0.1) is 5.10 Å². The molecule has 0 saturated carbocycles. The van der Waals surface area contributed by atoms with Crippen LogP contribution in [0.15, 0.2) is 59.4 Å². The maximum atomic E-state index is 13.5. The summed E-state index contributed by atoms with van der Waals surface area (Å²) in [6, 6.07) is 13.7. The number of benzene rings is 2. The largest absolute Gasteiger partial charge is 0.494 e. The number of ether oxygens (including phenoxy) is 1. The number of aromatic nitrogens is 5. The number of nitrogens with one attached hydrogen (secondary N) is 1. The Balaban J connectivity index is 1.61. The molecule has 198 valence electrons. The first-order valence-electron chi connectivity index (χ1n) is 13.1. The Kier molecular flexibility index (Phi) is 7.12. The summed E-state index contributed by atoms with van der Waals surface area (Å²) in [6.45, 7) is 10.0. The Morgan fingerprint density at radius 3 is 2.61 bits per heavy atom. The predicted molar refractivity (Wildman–Crippen MR) is 146 cm³/mol. The van der Waals surface area contributed by atoms with Crippen LogP contribution in [0.5, 0.6) is 5.75 Å². The smallest absolute Gasteiger partial charge is 0.253 e. The average Bonchev–Trinajstić information content (AvgIpc) is 3.41. The quantitative estimate of drug-likeness (QED) is 0.352. The number of aromatic amines is 1. The number of rotatable bonds is 8. The van der Waals surface area contributed by atoms with Crippen LogP contribution in [0.2, 0.25) is 0 Å². The molecule has 0 radical (unpaired) electrons. The van der Waals surface area contributed by atoms with Crippen molar-refractivity contribution < 1.29 is 9.13 Å². The van der Waals surface area contributed by atoms with E-state index in [9.17, 15) is 9.18 Å². The first-order valence-corrected chi connectivity index (χ1v) is 13.1. The van der Waals surface area contributed by atoms with Gasteiger partial charge in [-0.3, -0.25) is 9.69 Å². The van der Waals surface area contributed by atoms with Crippen LogP contribution in [-0.2, 0) is 5.54 Å². The molecule has 0 amide bonds. The summed E-state index contributed by atoms with van der Waals surface area (Å²) >= 11 is 0. The van der Waals surface area contributed by atoms with Gasteiger partial charge < -0.3 is 9.72 Å². The Labute approximate surface area is 221 Å². The van der Waals surface area contributed by atoms with Gasteiger partial charge >= 0.3 is 0 Å². The monoisotopic (exact) mass is 516 g/mol. The molecule has 1 aliphatic rings. The van der Waals surface area contributed by atoms with E-state index in [0.29, 0.717) is 31.1 Å². The van der Waals surface area contributed by atoms with Crippen LogP contribution in [0.25, 0.3) is 16.5 Å². The maximum Gasteiger partial charge on any atom is 0.253 e. The SMILES string of the molecule is CCOc1ccc2[nH]c(=O)c([C@@H](c3nnnn3C(C)(C)CC)N3CC=C(c4ccc(F)cc4)CC3)cc2c1. The second-order valence-corrected chi connectivity index (χ2v) is 10.2. The van der Waals surface area contributed by atoms with Crippen molar-refractivity contribution in [1.82, 2.24) is 30.1 Å². The van der Waals surface area contributed by atoms with E-state index in [0.717, 1.165) is 40.6 Å². The molecule has 0 aliphatic carbocycles. The molecule has 0 saturated heterocycles. The zero-order chi connectivity index (χ0) is 26.9. The summed E-state index contributed by atoms with van der Waals surface area (Å²) in [5, 5.41) is 13.7. The molecule has 2 aromatic heterocycles. The molecule has 1 atom stereocenters. The van der Waals surface area contributed by atoms with Gasteiger partial charge in [-0.05, 0) is 91.6 Å². The third-order valence-electron chi connectivity index (χ3n) is 7.45. The molecule has 0 fully saturated rings. The van der Waals surface area contributed by atoms with Gasteiger partial charge in [0.15, 0.2) is 5.82 Å². The molecule has 8 nitrogen and oxygen atoms in total. The molecule has 4 aromatic rings. The highest BCUT2D eigenvalue weighted by atomic mass is 19.1. The molecule has 38 heavy (non-hydrogen) atoms. The van der Waals surface area contributed by atoms with Crippen LogP contribution in [-0.4, -0.2) is 49.8 Å². The minimum Gasteiger partial charge on any atom is -0.494 e. The van der Waals surface area contributed by atoms with Gasteiger partial charge in [0.2, 0.25) is 0 Å². The van der Waals surface area contributed by atoms with E-state index < -0.39 is 6.04 Å². The lowest BCUT2D eigenvalue weighted by atomic mass is 9.95. The molecule has 9 heteroatoms. The number of pyridine rings is 1. The molecular formula is C29H33FN6O2. The van der Waals surface area contributed by atoms with E-state index in [4.69, 9.17) is 4.74 Å². The number of fused-ring (bicyclic) bond motifs is 1. The number of hydrogen-bond donors (Lipinski definition) is 1. The third-order valence-corrected chi connectivity index (χ3v) is 7.45. The Bertz CT molecular complexity index is 1520. The highest BCUT2D eigenvalue weighted by Gasteiger charge is 2.35. The van der Waals surface area contributed by atoms with Gasteiger partial charge in [-0.2, -0.15) is 0 Å². The summed E-state index contributed by atoms with van der Waals surface area (Å²) in [7, 11) is 0. The Morgan fingerprint density at radius 1 is 1.13 bits per heavy atom. The molecular weight excluding hydrogens is 483 g/mol. The van der Waals surface area contributed by atoms with Crippen molar-refractivity contribution in [1.29, 1.82) is 0 Å². The van der Waals surface area contributed by atoms with E-state index in [2.05, 4.69) is 52.3 Å². The van der Waals surface area contributed by atoms with Crippen LogP contribution >= 0.6 is 0 Å². The number of tetrazole rings is 1. The number of H-pyrrole nitrogens is 1. The van der Waals surface area contributed by atoms with E-state index in [1.165, 1.54) is 12.1 Å². The van der Waals surface area contributed by atoms with Crippen LogP contribution in [0.1, 0.15) is 63.5 Å². The van der Waals surface area contributed by atoms with Crippen LogP contribution in [0.4, 0.5) is 4.39 Å². The highest BCUT2D eigenvalue weighted by Crippen LogP contribution is 2.34. The Hall–Kier alpha value is -3.85. The van der Waals surface area contributed by atoms with Gasteiger partial charge in [-0.1, -0.05) is 25.1 Å². The van der Waals surface area contributed by atoms with Crippen molar-refractivity contribution >= 4 is 16.5 Å². The standard InChI is InChI=1S/C29H33FN6O2/c1-5-29(3,4)36-27(32-33-34-36)26(35-15-13-20(14-16-35)19-7-9-22(30)10-8-19)24-18-21-17-23(38-6-2)11-12-25(21)31-28(24)37/h7-13,17-18,26H,5-6,14-16H2,1-4H3,(H,31,37)/t26-/m0/s1. The van der Waals surface area contributed by atoms with Crippen molar-refractivity contribution in [3.63, 3.8) is 0 Å².